The van der Waals surface area contributed by atoms with Gasteiger partial charge in [0.05, 0.1) is 0 Å². The highest BCUT2D eigenvalue weighted by atomic mass is 32.2. The second-order valence-electron chi connectivity index (χ2n) is 3.71. The van der Waals surface area contributed by atoms with E-state index in [-0.39, 0.29) is 0 Å². The predicted molar refractivity (Wildman–Crippen MR) is 69.4 cm³/mol. The smallest absolute Gasteiger partial charge is 0.0622 e. The van der Waals surface area contributed by atoms with Crippen LogP contribution < -0.4 is 0 Å². The first-order valence-electron chi connectivity index (χ1n) is 5.00. The van der Waals surface area contributed by atoms with Crippen molar-refractivity contribution < 1.29 is 0 Å². The Labute approximate surface area is 94.3 Å². The normalized spacial score (nSPS) is 10.6. The quantitative estimate of drug-likeness (QED) is 0.672. The average molecular weight is 215 g/mol. The molecular weight excluding hydrogens is 200 g/mol. The summed E-state index contributed by atoms with van der Waals surface area (Å²) >= 11 is 0. The molecule has 2 rings (SSSR count). The summed E-state index contributed by atoms with van der Waals surface area (Å²) in [6, 6.07) is 19.4. The van der Waals surface area contributed by atoms with E-state index in [0.29, 0.717) is 10.9 Å². The number of rotatable bonds is 2. The largest absolute Gasteiger partial charge is 0.154 e. The molecule has 1 heteroatoms. The highest BCUT2D eigenvalue weighted by Gasteiger charge is 2.07. The van der Waals surface area contributed by atoms with Gasteiger partial charge in [-0.1, -0.05) is 30.3 Å². The van der Waals surface area contributed by atoms with E-state index in [1.165, 1.54) is 16.0 Å². The van der Waals surface area contributed by atoms with Gasteiger partial charge in [0.25, 0.3) is 0 Å². The van der Waals surface area contributed by atoms with Gasteiger partial charge in [-0.2, -0.15) is 0 Å². The first kappa shape index (κ1) is 10.3. The minimum Gasteiger partial charge on any atom is -0.0622 e. The maximum Gasteiger partial charge on any atom is 0.154 e. The van der Waals surface area contributed by atoms with Crippen molar-refractivity contribution in [2.75, 3.05) is 12.5 Å². The van der Waals surface area contributed by atoms with Gasteiger partial charge in [0.2, 0.25) is 0 Å². The summed E-state index contributed by atoms with van der Waals surface area (Å²) < 4.78 is 0. The van der Waals surface area contributed by atoms with Gasteiger partial charge in [0.1, 0.15) is 12.5 Å². The van der Waals surface area contributed by atoms with Gasteiger partial charge in [0, 0.05) is 10.9 Å². The fraction of sp³-hybridized carbons (Fsp3) is 0.143. The minimum absolute atomic E-state index is 0.356. The van der Waals surface area contributed by atoms with Crippen LogP contribution in [0.15, 0.2) is 59.5 Å². The van der Waals surface area contributed by atoms with E-state index in [1.54, 1.807) is 0 Å². The standard InChI is InChI=1S/C14H15S/c1-15(2)14-10-8-13(9-11-14)12-6-4-3-5-7-12/h3-11H,1-2H3/q+1. The van der Waals surface area contributed by atoms with Crippen molar-refractivity contribution in [3.8, 4) is 11.1 Å². The highest BCUT2D eigenvalue weighted by Crippen LogP contribution is 2.20. The molecule has 0 N–H and O–H groups in total. The number of hydrogen-bond donors (Lipinski definition) is 0. The number of hydrogen-bond acceptors (Lipinski definition) is 0. The van der Waals surface area contributed by atoms with E-state index in [9.17, 15) is 0 Å². The molecule has 0 aromatic heterocycles. The van der Waals surface area contributed by atoms with Crippen LogP contribution in [0.2, 0.25) is 0 Å². The molecule has 0 fully saturated rings. The molecule has 0 aliphatic rings. The van der Waals surface area contributed by atoms with Crippen LogP contribution in [0.5, 0.6) is 0 Å². The zero-order chi connectivity index (χ0) is 10.7. The molecule has 0 heterocycles. The molecule has 0 unspecified atom stereocenters. The van der Waals surface area contributed by atoms with Crippen molar-refractivity contribution in [1.29, 1.82) is 0 Å². The van der Waals surface area contributed by atoms with Crippen molar-refractivity contribution in [2.24, 2.45) is 0 Å². The van der Waals surface area contributed by atoms with Crippen molar-refractivity contribution in [1.82, 2.24) is 0 Å². The van der Waals surface area contributed by atoms with E-state index in [2.05, 4.69) is 61.0 Å². The highest BCUT2D eigenvalue weighted by molar-refractivity contribution is 7.95. The lowest BCUT2D eigenvalue weighted by molar-refractivity contribution is 1.44. The van der Waals surface area contributed by atoms with Gasteiger partial charge in [-0.15, -0.1) is 0 Å². The lowest BCUT2D eigenvalue weighted by Gasteiger charge is -2.01. The van der Waals surface area contributed by atoms with E-state index >= 15 is 0 Å². The molecule has 2 aromatic rings. The van der Waals surface area contributed by atoms with Crippen molar-refractivity contribution in [2.45, 2.75) is 4.90 Å². The summed E-state index contributed by atoms with van der Waals surface area (Å²) in [4.78, 5) is 1.43. The Morgan fingerprint density at radius 1 is 0.667 bits per heavy atom. The molecule has 2 aromatic carbocycles. The molecule has 0 saturated carbocycles. The average Bonchev–Trinajstić information content (AvgIpc) is 2.30. The Bertz CT molecular complexity index is 415. The minimum atomic E-state index is 0.356. The van der Waals surface area contributed by atoms with Crippen LogP contribution in [0.4, 0.5) is 0 Å². The third kappa shape index (κ3) is 2.42. The van der Waals surface area contributed by atoms with Crippen LogP contribution in [-0.2, 0) is 10.9 Å². The van der Waals surface area contributed by atoms with Crippen molar-refractivity contribution in [3.05, 3.63) is 54.6 Å². The first-order valence-corrected chi connectivity index (χ1v) is 7.04. The van der Waals surface area contributed by atoms with Crippen LogP contribution in [0, 0.1) is 0 Å². The predicted octanol–water partition coefficient (Wildman–Crippen LogP) is 3.59. The molecule has 0 radical (unpaired) electrons. The Morgan fingerprint density at radius 2 is 1.20 bits per heavy atom. The van der Waals surface area contributed by atoms with E-state index in [0.717, 1.165) is 0 Å². The Hall–Kier alpha value is -1.21. The van der Waals surface area contributed by atoms with Gasteiger partial charge in [-0.05, 0) is 35.4 Å². The van der Waals surface area contributed by atoms with Crippen LogP contribution in [-0.4, -0.2) is 12.5 Å². The van der Waals surface area contributed by atoms with Gasteiger partial charge < -0.3 is 0 Å². The molecule has 0 aliphatic carbocycles. The zero-order valence-corrected chi connectivity index (χ0v) is 9.92. The van der Waals surface area contributed by atoms with Crippen LogP contribution in [0.1, 0.15) is 0 Å². The molecule has 76 valence electrons. The SMILES string of the molecule is C[S+](C)c1ccc(-c2ccccc2)cc1. The van der Waals surface area contributed by atoms with E-state index < -0.39 is 0 Å². The maximum atomic E-state index is 2.25. The van der Waals surface area contributed by atoms with Crippen LogP contribution >= 0.6 is 0 Å². The fourth-order valence-corrected chi connectivity index (χ4v) is 2.23. The molecule has 0 spiro atoms. The molecular formula is C14H15S+. The Kier molecular flexibility index (Phi) is 3.12. The lowest BCUT2D eigenvalue weighted by atomic mass is 10.1. The van der Waals surface area contributed by atoms with Gasteiger partial charge in [0.15, 0.2) is 4.90 Å². The second kappa shape index (κ2) is 4.54. The zero-order valence-electron chi connectivity index (χ0n) is 9.10. The van der Waals surface area contributed by atoms with Gasteiger partial charge >= 0.3 is 0 Å². The number of benzene rings is 2. The second-order valence-corrected chi connectivity index (χ2v) is 5.81. The van der Waals surface area contributed by atoms with Gasteiger partial charge in [-0.25, -0.2) is 0 Å². The molecule has 15 heavy (non-hydrogen) atoms. The summed E-state index contributed by atoms with van der Waals surface area (Å²) in [6.45, 7) is 0. The van der Waals surface area contributed by atoms with Crippen molar-refractivity contribution >= 4 is 10.9 Å². The lowest BCUT2D eigenvalue weighted by Crippen LogP contribution is -1.94. The van der Waals surface area contributed by atoms with Crippen LogP contribution in [0.25, 0.3) is 11.1 Å². The van der Waals surface area contributed by atoms with Gasteiger partial charge in [-0.3, -0.25) is 0 Å². The molecule has 0 atom stereocenters. The summed E-state index contributed by atoms with van der Waals surface area (Å²) in [5.74, 6) is 0. The third-order valence-corrected chi connectivity index (χ3v) is 3.65. The molecule has 0 amide bonds. The summed E-state index contributed by atoms with van der Waals surface area (Å²) in [5.41, 5.74) is 2.58. The third-order valence-electron chi connectivity index (χ3n) is 2.43. The molecule has 0 nitrogen and oxygen atoms in total. The first-order chi connectivity index (χ1) is 7.27. The molecule has 0 aliphatic heterocycles. The summed E-state index contributed by atoms with van der Waals surface area (Å²) in [7, 11) is 0.356. The Balaban J connectivity index is 2.32. The molecule has 0 saturated heterocycles. The summed E-state index contributed by atoms with van der Waals surface area (Å²) in [5, 5.41) is 0. The maximum absolute atomic E-state index is 2.25. The topological polar surface area (TPSA) is 0 Å². The summed E-state index contributed by atoms with van der Waals surface area (Å²) in [6.07, 6.45) is 4.50. The molecule has 0 bridgehead atoms. The monoisotopic (exact) mass is 215 g/mol. The Morgan fingerprint density at radius 3 is 1.73 bits per heavy atom. The van der Waals surface area contributed by atoms with Crippen molar-refractivity contribution in [3.63, 3.8) is 0 Å². The van der Waals surface area contributed by atoms with Crippen LogP contribution in [0.3, 0.4) is 0 Å². The van der Waals surface area contributed by atoms with E-state index in [4.69, 9.17) is 0 Å². The fourth-order valence-electron chi connectivity index (χ4n) is 1.55. The van der Waals surface area contributed by atoms with E-state index in [1.807, 2.05) is 6.07 Å².